The zero-order chi connectivity index (χ0) is 9.31. The molecule has 0 aliphatic carbocycles. The molecule has 70 valence electrons. The summed E-state index contributed by atoms with van der Waals surface area (Å²) in [5.74, 6) is 0.366. The van der Waals surface area contributed by atoms with Crippen LogP contribution in [0.15, 0.2) is 16.9 Å². The minimum absolute atomic E-state index is 0.0762. The number of nitrogens with one attached hydrogen (secondary N) is 1. The number of ether oxygens (including phenoxy) is 1. The average molecular weight is 182 g/mol. The van der Waals surface area contributed by atoms with Gasteiger partial charge in [0, 0.05) is 6.07 Å². The molecule has 5 heteroatoms. The Morgan fingerprint density at radius 3 is 2.92 bits per heavy atom. The molecule has 1 aliphatic heterocycles. The second-order valence-corrected chi connectivity index (χ2v) is 3.39. The molecule has 0 spiro atoms. The molecule has 2 rings (SSSR count). The van der Waals surface area contributed by atoms with Crippen molar-refractivity contribution in [3.8, 4) is 0 Å². The molecule has 1 aliphatic rings. The van der Waals surface area contributed by atoms with Gasteiger partial charge in [-0.1, -0.05) is 5.16 Å². The molecule has 1 aromatic heterocycles. The van der Waals surface area contributed by atoms with E-state index in [4.69, 9.17) is 4.74 Å². The van der Waals surface area contributed by atoms with E-state index in [1.54, 1.807) is 6.07 Å². The summed E-state index contributed by atoms with van der Waals surface area (Å²) in [5.41, 5.74) is -0.404. The van der Waals surface area contributed by atoms with Gasteiger partial charge in [-0.25, -0.2) is 0 Å². The van der Waals surface area contributed by atoms with Crippen LogP contribution in [-0.4, -0.2) is 24.3 Å². The highest BCUT2D eigenvalue weighted by Crippen LogP contribution is 2.27. The Balaban J connectivity index is 1.99. The lowest BCUT2D eigenvalue weighted by Crippen LogP contribution is -2.49. The van der Waals surface area contributed by atoms with Crippen LogP contribution in [0.25, 0.3) is 0 Å². The van der Waals surface area contributed by atoms with Gasteiger partial charge in [0.15, 0.2) is 5.82 Å². The van der Waals surface area contributed by atoms with Crippen molar-refractivity contribution in [2.45, 2.75) is 6.92 Å². The third-order valence-electron chi connectivity index (χ3n) is 2.07. The molecule has 5 nitrogen and oxygen atoms in total. The molecular weight excluding hydrogens is 172 g/mol. The van der Waals surface area contributed by atoms with Gasteiger partial charge in [0.05, 0.1) is 18.6 Å². The van der Waals surface area contributed by atoms with E-state index in [0.717, 1.165) is 0 Å². The smallest absolute Gasteiger partial charge is 0.236 e. The quantitative estimate of drug-likeness (QED) is 0.729. The molecule has 0 saturated carbocycles. The Morgan fingerprint density at radius 2 is 2.46 bits per heavy atom. The Labute approximate surface area is 75.0 Å². The van der Waals surface area contributed by atoms with Gasteiger partial charge in [-0.15, -0.1) is 0 Å². The van der Waals surface area contributed by atoms with E-state index in [-0.39, 0.29) is 5.91 Å². The number of rotatable bonds is 2. The van der Waals surface area contributed by atoms with Gasteiger partial charge in [0.1, 0.15) is 6.26 Å². The van der Waals surface area contributed by atoms with Crippen LogP contribution in [0.2, 0.25) is 0 Å². The van der Waals surface area contributed by atoms with Crippen molar-refractivity contribution in [2.24, 2.45) is 5.41 Å². The molecule has 1 saturated heterocycles. The molecule has 0 unspecified atom stereocenters. The van der Waals surface area contributed by atoms with E-state index in [2.05, 4.69) is 15.0 Å². The van der Waals surface area contributed by atoms with Crippen molar-refractivity contribution in [1.29, 1.82) is 0 Å². The van der Waals surface area contributed by atoms with Crippen molar-refractivity contribution in [2.75, 3.05) is 18.5 Å². The van der Waals surface area contributed by atoms with E-state index in [1.165, 1.54) is 6.26 Å². The van der Waals surface area contributed by atoms with E-state index >= 15 is 0 Å². The van der Waals surface area contributed by atoms with Gasteiger partial charge in [-0.2, -0.15) is 0 Å². The lowest BCUT2D eigenvalue weighted by molar-refractivity contribution is -0.151. The maximum atomic E-state index is 11.5. The highest BCUT2D eigenvalue weighted by Gasteiger charge is 2.41. The van der Waals surface area contributed by atoms with Gasteiger partial charge in [-0.05, 0) is 6.92 Å². The highest BCUT2D eigenvalue weighted by molar-refractivity contribution is 5.94. The first-order valence-corrected chi connectivity index (χ1v) is 4.00. The molecule has 1 N–H and O–H groups in total. The summed E-state index contributed by atoms with van der Waals surface area (Å²) in [4.78, 5) is 11.5. The fraction of sp³-hybridized carbons (Fsp3) is 0.500. The fourth-order valence-electron chi connectivity index (χ4n) is 1.08. The third-order valence-corrected chi connectivity index (χ3v) is 2.07. The van der Waals surface area contributed by atoms with E-state index in [0.29, 0.717) is 19.0 Å². The number of anilines is 1. The molecule has 0 bridgehead atoms. The predicted octanol–water partition coefficient (Wildman–Crippen LogP) is 0.650. The van der Waals surface area contributed by atoms with Crippen molar-refractivity contribution in [3.63, 3.8) is 0 Å². The average Bonchev–Trinajstić information content (AvgIpc) is 2.52. The van der Waals surface area contributed by atoms with Crippen LogP contribution in [0.5, 0.6) is 0 Å². The van der Waals surface area contributed by atoms with Crippen LogP contribution < -0.4 is 5.32 Å². The summed E-state index contributed by atoms with van der Waals surface area (Å²) in [6.45, 7) is 2.79. The summed E-state index contributed by atoms with van der Waals surface area (Å²) in [7, 11) is 0. The SMILES string of the molecule is CC1(C(=O)Nc2ccon2)COC1. The lowest BCUT2D eigenvalue weighted by Gasteiger charge is -2.35. The van der Waals surface area contributed by atoms with E-state index in [1.807, 2.05) is 6.92 Å². The Bertz CT molecular complexity index is 303. The summed E-state index contributed by atoms with van der Waals surface area (Å²) in [6, 6.07) is 1.60. The molecule has 1 aromatic rings. The first-order valence-electron chi connectivity index (χ1n) is 4.00. The Morgan fingerprint density at radius 1 is 1.69 bits per heavy atom. The minimum atomic E-state index is -0.404. The summed E-state index contributed by atoms with van der Waals surface area (Å²) < 4.78 is 9.56. The summed E-state index contributed by atoms with van der Waals surface area (Å²) in [5, 5.41) is 6.22. The molecule has 13 heavy (non-hydrogen) atoms. The second-order valence-electron chi connectivity index (χ2n) is 3.39. The topological polar surface area (TPSA) is 64.4 Å². The standard InChI is InChI=1S/C8H10N2O3/c1-8(4-12-5-8)7(11)9-6-2-3-13-10-6/h2-3H,4-5H2,1H3,(H,9,10,11). The number of hydrogen-bond acceptors (Lipinski definition) is 4. The maximum Gasteiger partial charge on any atom is 0.236 e. The largest absolute Gasteiger partial charge is 0.379 e. The number of nitrogens with zero attached hydrogens (tertiary/aromatic N) is 1. The molecule has 1 amide bonds. The monoisotopic (exact) mass is 182 g/mol. The summed E-state index contributed by atoms with van der Waals surface area (Å²) >= 11 is 0. The highest BCUT2D eigenvalue weighted by atomic mass is 16.5. The van der Waals surface area contributed by atoms with Gasteiger partial charge in [0.25, 0.3) is 0 Å². The molecular formula is C8H10N2O3. The van der Waals surface area contributed by atoms with Crippen LogP contribution in [-0.2, 0) is 9.53 Å². The third kappa shape index (κ3) is 1.42. The van der Waals surface area contributed by atoms with Crippen molar-refractivity contribution < 1.29 is 14.1 Å². The van der Waals surface area contributed by atoms with Gasteiger partial charge >= 0.3 is 0 Å². The number of carbonyl (C=O) groups is 1. The number of amides is 1. The van der Waals surface area contributed by atoms with E-state index in [9.17, 15) is 4.79 Å². The van der Waals surface area contributed by atoms with Crippen LogP contribution in [0.4, 0.5) is 5.82 Å². The number of aromatic nitrogens is 1. The van der Waals surface area contributed by atoms with Crippen LogP contribution >= 0.6 is 0 Å². The van der Waals surface area contributed by atoms with Crippen molar-refractivity contribution in [1.82, 2.24) is 5.16 Å². The van der Waals surface area contributed by atoms with E-state index < -0.39 is 5.41 Å². The molecule has 0 aromatic carbocycles. The second kappa shape index (κ2) is 2.85. The first-order chi connectivity index (χ1) is 6.21. The Kier molecular flexibility index (Phi) is 1.81. The van der Waals surface area contributed by atoms with Gasteiger partial charge in [0.2, 0.25) is 5.91 Å². The molecule has 2 heterocycles. The van der Waals surface area contributed by atoms with Crippen molar-refractivity contribution >= 4 is 11.7 Å². The number of hydrogen-bond donors (Lipinski definition) is 1. The minimum Gasteiger partial charge on any atom is -0.379 e. The molecule has 0 atom stereocenters. The molecule has 1 fully saturated rings. The van der Waals surface area contributed by atoms with Gasteiger partial charge < -0.3 is 14.6 Å². The zero-order valence-corrected chi connectivity index (χ0v) is 7.24. The lowest BCUT2D eigenvalue weighted by atomic mass is 9.88. The first kappa shape index (κ1) is 8.25. The fourth-order valence-corrected chi connectivity index (χ4v) is 1.08. The number of carbonyl (C=O) groups excluding carboxylic acids is 1. The Hall–Kier alpha value is -1.36. The maximum absolute atomic E-state index is 11.5. The summed E-state index contributed by atoms with van der Waals surface area (Å²) in [6.07, 6.45) is 1.41. The predicted molar refractivity (Wildman–Crippen MR) is 44.1 cm³/mol. The van der Waals surface area contributed by atoms with Gasteiger partial charge in [-0.3, -0.25) is 4.79 Å². The normalized spacial score (nSPS) is 19.2. The zero-order valence-electron chi connectivity index (χ0n) is 7.24. The van der Waals surface area contributed by atoms with Crippen molar-refractivity contribution in [3.05, 3.63) is 12.3 Å². The van der Waals surface area contributed by atoms with Crippen LogP contribution in [0.3, 0.4) is 0 Å². The molecule has 0 radical (unpaired) electrons. The van der Waals surface area contributed by atoms with Crippen LogP contribution in [0, 0.1) is 5.41 Å². The van der Waals surface area contributed by atoms with Crippen LogP contribution in [0.1, 0.15) is 6.92 Å².